The smallest absolute Gasteiger partial charge is 0.330 e. The second kappa shape index (κ2) is 5.80. The maximum Gasteiger partial charge on any atom is 0.330 e. The first-order valence-electron chi connectivity index (χ1n) is 4.76. The molecule has 1 aromatic rings. The summed E-state index contributed by atoms with van der Waals surface area (Å²) in [7, 11) is 1.14. The highest BCUT2D eigenvalue weighted by molar-refractivity contribution is 5.96. The number of aromatic nitrogens is 1. The molecule has 17 heavy (non-hydrogen) atoms. The maximum atomic E-state index is 11.6. The van der Waals surface area contributed by atoms with E-state index in [2.05, 4.69) is 15.0 Å². The number of esters is 1. The molecule has 92 valence electrons. The van der Waals surface area contributed by atoms with Gasteiger partial charge in [0.15, 0.2) is 6.04 Å². The molecule has 1 heterocycles. The molecule has 0 saturated heterocycles. The maximum absolute atomic E-state index is 11.6. The Bertz CT molecular complexity index is 468. The summed E-state index contributed by atoms with van der Waals surface area (Å²) in [6, 6.07) is 1.32. The lowest BCUT2D eigenvalue weighted by Crippen LogP contribution is -2.44. The number of hydrogen-bond donors (Lipinski definition) is 3. The molecular weight excluding hydrogens is 228 g/mol. The number of hydrogen-bond acceptors (Lipinski definition) is 5. The van der Waals surface area contributed by atoms with Crippen LogP contribution in [0.25, 0.3) is 0 Å². The van der Waals surface area contributed by atoms with Crippen LogP contribution in [0.15, 0.2) is 23.1 Å². The Kier molecular flexibility index (Phi) is 4.41. The number of aliphatic hydroxyl groups is 1. The summed E-state index contributed by atoms with van der Waals surface area (Å²) in [5, 5.41) is 11.1. The number of rotatable bonds is 4. The Morgan fingerprint density at radius 3 is 2.82 bits per heavy atom. The summed E-state index contributed by atoms with van der Waals surface area (Å²) in [5.41, 5.74) is -0.340. The molecule has 3 N–H and O–H groups in total. The number of nitrogens with one attached hydrogen (secondary N) is 2. The summed E-state index contributed by atoms with van der Waals surface area (Å²) in [6.07, 6.45) is 1.31. The number of ether oxygens (including phenoxy) is 1. The lowest BCUT2D eigenvalue weighted by atomic mass is 10.2. The van der Waals surface area contributed by atoms with Gasteiger partial charge in [0.1, 0.15) is 0 Å². The van der Waals surface area contributed by atoms with Gasteiger partial charge in [0.05, 0.1) is 13.7 Å². The van der Waals surface area contributed by atoms with Crippen molar-refractivity contribution in [2.45, 2.75) is 6.04 Å². The van der Waals surface area contributed by atoms with E-state index in [4.69, 9.17) is 5.11 Å². The van der Waals surface area contributed by atoms with Crippen LogP contribution in [0.4, 0.5) is 0 Å². The van der Waals surface area contributed by atoms with Crippen LogP contribution >= 0.6 is 0 Å². The highest BCUT2D eigenvalue weighted by atomic mass is 16.5. The van der Waals surface area contributed by atoms with Crippen LogP contribution in [0, 0.1) is 0 Å². The number of aliphatic hydroxyl groups excluding tert-OH is 1. The Labute approximate surface area is 96.4 Å². The molecule has 0 bridgehead atoms. The molecule has 7 nitrogen and oxygen atoms in total. The van der Waals surface area contributed by atoms with Crippen LogP contribution in [0.5, 0.6) is 0 Å². The third kappa shape index (κ3) is 3.42. The second-order valence-electron chi connectivity index (χ2n) is 3.17. The Morgan fingerprint density at radius 2 is 2.29 bits per heavy atom. The molecule has 1 rings (SSSR count). The first kappa shape index (κ1) is 12.9. The third-order valence-corrected chi connectivity index (χ3v) is 2.01. The molecule has 1 aromatic heterocycles. The first-order chi connectivity index (χ1) is 8.08. The standard InChI is InChI=1S/C10H12N2O5/c1-17-10(16)7(5-13)12-9(15)6-2-3-11-8(14)4-6/h2-4,7,13H,5H2,1H3,(H,11,14)(H,12,15). The first-order valence-corrected chi connectivity index (χ1v) is 4.76. The van der Waals surface area contributed by atoms with E-state index in [1.807, 2.05) is 0 Å². The SMILES string of the molecule is COC(=O)C(CO)NC(=O)c1cc[nH]c(=O)c1. The molecular formula is C10H12N2O5. The lowest BCUT2D eigenvalue weighted by molar-refractivity contribution is -0.143. The van der Waals surface area contributed by atoms with Crippen molar-refractivity contribution >= 4 is 11.9 Å². The van der Waals surface area contributed by atoms with Crippen LogP contribution in [-0.2, 0) is 9.53 Å². The minimum atomic E-state index is -1.15. The van der Waals surface area contributed by atoms with Crippen LogP contribution in [0.2, 0.25) is 0 Å². The molecule has 0 radical (unpaired) electrons. The van der Waals surface area contributed by atoms with Crippen molar-refractivity contribution < 1.29 is 19.4 Å². The molecule has 0 aliphatic heterocycles. The van der Waals surface area contributed by atoms with Gasteiger partial charge in [-0.1, -0.05) is 0 Å². The number of pyridine rings is 1. The molecule has 0 aromatic carbocycles. The molecule has 1 atom stereocenters. The highest BCUT2D eigenvalue weighted by Crippen LogP contribution is 1.95. The molecule has 0 fully saturated rings. The van der Waals surface area contributed by atoms with Gasteiger partial charge in [-0.2, -0.15) is 0 Å². The second-order valence-corrected chi connectivity index (χ2v) is 3.17. The Balaban J connectivity index is 2.78. The Hall–Kier alpha value is -2.15. The van der Waals surface area contributed by atoms with Gasteiger partial charge >= 0.3 is 5.97 Å². The van der Waals surface area contributed by atoms with Crippen LogP contribution in [-0.4, -0.2) is 41.7 Å². The Morgan fingerprint density at radius 1 is 1.59 bits per heavy atom. The number of H-pyrrole nitrogens is 1. The zero-order valence-electron chi connectivity index (χ0n) is 9.10. The van der Waals surface area contributed by atoms with Gasteiger partial charge in [0.2, 0.25) is 5.56 Å². The zero-order valence-corrected chi connectivity index (χ0v) is 9.10. The van der Waals surface area contributed by atoms with Crippen molar-refractivity contribution in [3.05, 3.63) is 34.2 Å². The largest absolute Gasteiger partial charge is 0.467 e. The average molecular weight is 240 g/mol. The van der Waals surface area contributed by atoms with Crippen molar-refractivity contribution in [1.29, 1.82) is 0 Å². The number of aromatic amines is 1. The average Bonchev–Trinajstić information content (AvgIpc) is 2.34. The van der Waals surface area contributed by atoms with E-state index in [1.165, 1.54) is 12.3 Å². The summed E-state index contributed by atoms with van der Waals surface area (Å²) < 4.78 is 4.38. The van der Waals surface area contributed by atoms with E-state index in [1.54, 1.807) is 0 Å². The zero-order chi connectivity index (χ0) is 12.8. The number of carbonyl (C=O) groups is 2. The minimum Gasteiger partial charge on any atom is -0.467 e. The van der Waals surface area contributed by atoms with Crippen molar-refractivity contribution in [1.82, 2.24) is 10.3 Å². The monoisotopic (exact) mass is 240 g/mol. The van der Waals surface area contributed by atoms with E-state index in [0.717, 1.165) is 13.2 Å². The van der Waals surface area contributed by atoms with Gasteiger partial charge in [-0.3, -0.25) is 9.59 Å². The quantitative estimate of drug-likeness (QED) is 0.563. The van der Waals surface area contributed by atoms with E-state index >= 15 is 0 Å². The molecule has 7 heteroatoms. The van der Waals surface area contributed by atoms with Crippen LogP contribution < -0.4 is 10.9 Å². The fourth-order valence-corrected chi connectivity index (χ4v) is 1.15. The normalized spacial score (nSPS) is 11.6. The summed E-state index contributed by atoms with van der Waals surface area (Å²) in [6.45, 7) is -0.582. The lowest BCUT2D eigenvalue weighted by Gasteiger charge is -2.13. The molecule has 0 aliphatic rings. The van der Waals surface area contributed by atoms with Gasteiger partial charge in [0.25, 0.3) is 5.91 Å². The van der Waals surface area contributed by atoms with Gasteiger partial charge in [-0.05, 0) is 6.07 Å². The van der Waals surface area contributed by atoms with Crippen molar-refractivity contribution in [2.75, 3.05) is 13.7 Å². The molecule has 0 aliphatic carbocycles. The van der Waals surface area contributed by atoms with Crippen molar-refractivity contribution in [2.24, 2.45) is 0 Å². The summed E-state index contributed by atoms with van der Waals surface area (Å²) in [4.78, 5) is 36.0. The molecule has 1 unspecified atom stereocenters. The number of amides is 1. The fourth-order valence-electron chi connectivity index (χ4n) is 1.15. The van der Waals surface area contributed by atoms with E-state index < -0.39 is 30.1 Å². The minimum absolute atomic E-state index is 0.0936. The van der Waals surface area contributed by atoms with Gasteiger partial charge in [-0.25, -0.2) is 4.79 Å². The molecule has 0 saturated carbocycles. The predicted molar refractivity (Wildman–Crippen MR) is 57.4 cm³/mol. The van der Waals surface area contributed by atoms with E-state index in [9.17, 15) is 14.4 Å². The van der Waals surface area contributed by atoms with Crippen LogP contribution in [0.1, 0.15) is 10.4 Å². The predicted octanol–water partition coefficient (Wildman–Crippen LogP) is -1.36. The summed E-state index contributed by atoms with van der Waals surface area (Å²) in [5.74, 6) is -1.40. The van der Waals surface area contributed by atoms with Crippen molar-refractivity contribution in [3.63, 3.8) is 0 Å². The van der Waals surface area contributed by atoms with Crippen LogP contribution in [0.3, 0.4) is 0 Å². The third-order valence-electron chi connectivity index (χ3n) is 2.01. The molecule has 1 amide bonds. The van der Waals surface area contributed by atoms with Gasteiger partial charge in [0, 0.05) is 17.8 Å². The number of methoxy groups -OCH3 is 1. The highest BCUT2D eigenvalue weighted by Gasteiger charge is 2.21. The number of carbonyl (C=O) groups excluding carboxylic acids is 2. The topological polar surface area (TPSA) is 108 Å². The van der Waals surface area contributed by atoms with Gasteiger partial charge in [-0.15, -0.1) is 0 Å². The van der Waals surface area contributed by atoms with Gasteiger partial charge < -0.3 is 20.1 Å². The molecule has 0 spiro atoms. The van der Waals surface area contributed by atoms with Crippen molar-refractivity contribution in [3.8, 4) is 0 Å². The van der Waals surface area contributed by atoms with E-state index in [0.29, 0.717) is 0 Å². The fraction of sp³-hybridized carbons (Fsp3) is 0.300. The van der Waals surface area contributed by atoms with E-state index in [-0.39, 0.29) is 5.56 Å². The summed E-state index contributed by atoms with van der Waals surface area (Å²) >= 11 is 0.